The molecule has 1 aliphatic rings. The van der Waals surface area contributed by atoms with Crippen molar-refractivity contribution in [2.75, 3.05) is 7.11 Å². The Bertz CT molecular complexity index is 899. The van der Waals surface area contributed by atoms with Gasteiger partial charge in [-0.3, -0.25) is 0 Å². The number of aryl methyl sites for hydroxylation is 2. The number of aromatic nitrogens is 2. The molecule has 0 saturated heterocycles. The van der Waals surface area contributed by atoms with Gasteiger partial charge in [-0.1, -0.05) is 0 Å². The van der Waals surface area contributed by atoms with Crippen LogP contribution in [0.4, 0.5) is 0 Å². The third-order valence-corrected chi connectivity index (χ3v) is 5.91. The second kappa shape index (κ2) is 10.3. The summed E-state index contributed by atoms with van der Waals surface area (Å²) in [6.07, 6.45) is 16.8. The Morgan fingerprint density at radius 3 is 2.89 bits per heavy atom. The fourth-order valence-electron chi connectivity index (χ4n) is 3.25. The van der Waals surface area contributed by atoms with Gasteiger partial charge >= 0.3 is 177 Å². The molecule has 1 N–H and O–H groups in total. The van der Waals surface area contributed by atoms with Gasteiger partial charge in [0.2, 0.25) is 0 Å². The van der Waals surface area contributed by atoms with Crippen LogP contribution in [0, 0.1) is 0 Å². The monoisotopic (exact) mass is 547 g/mol. The molecule has 0 spiro atoms. The van der Waals surface area contributed by atoms with Crippen LogP contribution in [-0.4, -0.2) is 26.5 Å². The van der Waals surface area contributed by atoms with Crippen molar-refractivity contribution in [3.05, 3.63) is 72.0 Å². The number of carbonyl (C=O) groups excluding carboxylic acids is 1. The average Bonchev–Trinajstić information content (AvgIpc) is 3.18. The number of amides is 1. The first-order valence-electron chi connectivity index (χ1n) is 9.55. The Balaban J connectivity index is 1.80. The molecular formula is C22H25N3O2W. The molecule has 2 heterocycles. The number of methoxy groups -OCH3 is 1. The van der Waals surface area contributed by atoms with Crippen LogP contribution in [0.25, 0.3) is 0 Å². The third-order valence-electron chi connectivity index (χ3n) is 4.76. The van der Waals surface area contributed by atoms with Gasteiger partial charge in [0.05, 0.1) is 0 Å². The number of nitrogens with one attached hydrogen (secondary N) is 1. The molecule has 1 aromatic heterocycles. The molecule has 2 aromatic rings. The van der Waals surface area contributed by atoms with Gasteiger partial charge in [0, 0.05) is 0 Å². The first kappa shape index (κ1) is 20.5. The van der Waals surface area contributed by atoms with Gasteiger partial charge in [0.25, 0.3) is 0 Å². The maximum absolute atomic E-state index is 12.7. The van der Waals surface area contributed by atoms with Crippen molar-refractivity contribution in [1.29, 1.82) is 0 Å². The summed E-state index contributed by atoms with van der Waals surface area (Å²) in [7, 11) is 1.62. The number of ether oxygens (including phenoxy) is 1. The molecule has 0 atom stereocenters. The number of nitrogens with zero attached hydrogens (tertiary/aromatic N) is 2. The number of benzene rings is 1. The Hall–Kier alpha value is -2.26. The van der Waals surface area contributed by atoms with Crippen molar-refractivity contribution in [3.8, 4) is 5.75 Å². The fourth-order valence-corrected chi connectivity index (χ4v) is 4.15. The van der Waals surface area contributed by atoms with Gasteiger partial charge in [-0.05, 0) is 0 Å². The van der Waals surface area contributed by atoms with E-state index < -0.39 is 0 Å². The predicted octanol–water partition coefficient (Wildman–Crippen LogP) is 3.58. The second-order valence-electron chi connectivity index (χ2n) is 6.69. The Morgan fingerprint density at radius 2 is 2.04 bits per heavy atom. The predicted molar refractivity (Wildman–Crippen MR) is 107 cm³/mol. The number of hydrogen-bond donors (Lipinski definition) is 1. The van der Waals surface area contributed by atoms with Crippen molar-refractivity contribution in [2.24, 2.45) is 0 Å². The van der Waals surface area contributed by atoms with E-state index in [2.05, 4.69) is 21.1 Å². The Labute approximate surface area is 176 Å². The summed E-state index contributed by atoms with van der Waals surface area (Å²) >= 11 is 1.37. The SMILES string of the molecule is COc1ccc2c(c1)C(=O)NC=CC=C[C](=[W])c1nccn1CCCCCC2. The van der Waals surface area contributed by atoms with Crippen LogP contribution in [0.5, 0.6) is 5.75 Å². The van der Waals surface area contributed by atoms with E-state index in [1.807, 2.05) is 42.6 Å². The van der Waals surface area contributed by atoms with Crippen molar-refractivity contribution in [3.63, 3.8) is 0 Å². The van der Waals surface area contributed by atoms with E-state index in [-0.39, 0.29) is 5.91 Å². The normalized spacial score (nSPS) is 16.0. The van der Waals surface area contributed by atoms with Crippen molar-refractivity contribution < 1.29 is 28.9 Å². The van der Waals surface area contributed by atoms with Crippen LogP contribution in [0.15, 0.2) is 55.0 Å². The maximum atomic E-state index is 12.7. The second-order valence-corrected chi connectivity index (χ2v) is 8.27. The summed E-state index contributed by atoms with van der Waals surface area (Å²) in [5.74, 6) is 1.63. The van der Waals surface area contributed by atoms with Crippen LogP contribution in [0.3, 0.4) is 0 Å². The van der Waals surface area contributed by atoms with E-state index >= 15 is 0 Å². The van der Waals surface area contributed by atoms with Crippen LogP contribution in [0.1, 0.15) is 47.4 Å². The van der Waals surface area contributed by atoms with Crippen molar-refractivity contribution in [1.82, 2.24) is 14.9 Å². The van der Waals surface area contributed by atoms with Gasteiger partial charge < -0.3 is 0 Å². The number of allylic oxidation sites excluding steroid dienone is 3. The average molecular weight is 547 g/mol. The van der Waals surface area contributed by atoms with E-state index in [4.69, 9.17) is 4.74 Å². The molecule has 0 fully saturated rings. The number of carbonyl (C=O) groups is 1. The Kier molecular flexibility index (Phi) is 7.55. The molecule has 28 heavy (non-hydrogen) atoms. The molecule has 5 nitrogen and oxygen atoms in total. The number of hydrogen-bond acceptors (Lipinski definition) is 3. The topological polar surface area (TPSA) is 56.1 Å². The standard InChI is InChI=1S/C22H25N3O2.W/c1-27-19-12-11-18-9-5-2-3-8-15-25-16-14-23-21(25)10-6-4-7-13-24-22(26)20(18)17-19;/h4,6-7,11-14,16-17H,2-3,5,8-9,15H2,1H3,(H,24,26);. The zero-order valence-electron chi connectivity index (χ0n) is 16.1. The van der Waals surface area contributed by atoms with Gasteiger partial charge in [-0.25, -0.2) is 0 Å². The van der Waals surface area contributed by atoms with Crippen molar-refractivity contribution in [2.45, 2.75) is 38.6 Å². The van der Waals surface area contributed by atoms with Gasteiger partial charge in [-0.2, -0.15) is 0 Å². The first-order valence-corrected chi connectivity index (χ1v) is 11.0. The minimum atomic E-state index is -0.107. The van der Waals surface area contributed by atoms with E-state index in [0.717, 1.165) is 43.6 Å². The summed E-state index contributed by atoms with van der Waals surface area (Å²) in [5.41, 5.74) is 1.75. The molecule has 146 valence electrons. The first-order chi connectivity index (χ1) is 13.7. The van der Waals surface area contributed by atoms with Crippen molar-refractivity contribution >= 4 is 9.81 Å². The summed E-state index contributed by atoms with van der Waals surface area (Å²) in [4.78, 5) is 17.2. The molecule has 0 radical (unpaired) electrons. The summed E-state index contributed by atoms with van der Waals surface area (Å²) in [5, 5.41) is 2.86. The minimum absolute atomic E-state index is 0.107. The molecule has 3 rings (SSSR count). The van der Waals surface area contributed by atoms with Crippen LogP contribution in [-0.2, 0) is 32.3 Å². The van der Waals surface area contributed by atoms with E-state index in [1.54, 1.807) is 13.3 Å². The van der Waals surface area contributed by atoms with Gasteiger partial charge in [0.15, 0.2) is 0 Å². The molecule has 0 saturated carbocycles. The summed E-state index contributed by atoms with van der Waals surface area (Å²) < 4.78 is 8.71. The van der Waals surface area contributed by atoms with E-state index in [1.165, 1.54) is 29.7 Å². The third kappa shape index (κ3) is 5.39. The van der Waals surface area contributed by atoms with Gasteiger partial charge in [-0.15, -0.1) is 0 Å². The zero-order chi connectivity index (χ0) is 19.8. The summed E-state index contributed by atoms with van der Waals surface area (Å²) in [6.45, 7) is 0.990. The van der Waals surface area contributed by atoms with Crippen LogP contribution in [0.2, 0.25) is 0 Å². The molecule has 0 bridgehead atoms. The van der Waals surface area contributed by atoms with E-state index in [0.29, 0.717) is 11.3 Å². The number of imidazole rings is 1. The molecular weight excluding hydrogens is 522 g/mol. The van der Waals surface area contributed by atoms with Gasteiger partial charge in [0.1, 0.15) is 0 Å². The molecule has 1 aliphatic heterocycles. The molecule has 0 unspecified atom stereocenters. The fraction of sp³-hybridized carbons (Fsp3) is 0.318. The molecule has 6 heteroatoms. The Morgan fingerprint density at radius 1 is 1.18 bits per heavy atom. The molecule has 1 aromatic carbocycles. The molecule has 0 aliphatic carbocycles. The van der Waals surface area contributed by atoms with Crippen LogP contribution < -0.4 is 10.1 Å². The summed E-state index contributed by atoms with van der Waals surface area (Å²) in [6, 6.07) is 5.75. The van der Waals surface area contributed by atoms with E-state index in [9.17, 15) is 4.79 Å². The zero-order valence-corrected chi connectivity index (χ0v) is 19.0. The molecule has 1 amide bonds. The van der Waals surface area contributed by atoms with Crippen LogP contribution >= 0.6 is 0 Å². The quantitative estimate of drug-likeness (QED) is 0.595. The number of rotatable bonds is 1. The number of fused-ring (bicyclic) bond motifs is 2.